The van der Waals surface area contributed by atoms with Crippen LogP contribution < -0.4 is 0 Å². The van der Waals surface area contributed by atoms with Gasteiger partial charge in [-0.25, -0.2) is 0 Å². The Labute approximate surface area is 124 Å². The minimum atomic E-state index is 0.314. The summed E-state index contributed by atoms with van der Waals surface area (Å²) in [6.07, 6.45) is 7.11. The molecule has 4 heteroatoms. The Morgan fingerprint density at radius 2 is 2.10 bits per heavy atom. The summed E-state index contributed by atoms with van der Waals surface area (Å²) < 4.78 is 0. The smallest absolute Gasteiger partial charge is 0.113 e. The van der Waals surface area contributed by atoms with Gasteiger partial charge in [-0.1, -0.05) is 0 Å². The first-order chi connectivity index (χ1) is 9.56. The molecule has 2 heterocycles. The molecule has 0 atom stereocenters. The standard InChI is InChI=1S/C16H20N2OS/c1-11-7-8-17-13(3)15(11)10-20-16-6-4-5-14(19)9-12(2)18-16/h5,7-9,19H,4,6,10H2,1-3H3/b12-9?,14-5+,18-16?. The topological polar surface area (TPSA) is 45.5 Å². The minimum Gasteiger partial charge on any atom is -0.508 e. The normalized spacial score (nSPS) is 18.4. The summed E-state index contributed by atoms with van der Waals surface area (Å²) in [4.78, 5) is 8.94. The number of aromatic nitrogens is 1. The molecule has 0 aromatic carbocycles. The van der Waals surface area contributed by atoms with E-state index in [-0.39, 0.29) is 0 Å². The molecule has 0 bridgehead atoms. The third-order valence-corrected chi connectivity index (χ3v) is 4.32. The van der Waals surface area contributed by atoms with E-state index in [4.69, 9.17) is 0 Å². The predicted molar refractivity (Wildman–Crippen MR) is 86.1 cm³/mol. The van der Waals surface area contributed by atoms with Gasteiger partial charge < -0.3 is 5.11 Å². The van der Waals surface area contributed by atoms with E-state index in [0.717, 1.165) is 35.0 Å². The lowest BCUT2D eigenvalue weighted by Gasteiger charge is -2.11. The van der Waals surface area contributed by atoms with E-state index >= 15 is 0 Å². The lowest BCUT2D eigenvalue weighted by atomic mass is 10.1. The van der Waals surface area contributed by atoms with Crippen LogP contribution in [0.25, 0.3) is 0 Å². The van der Waals surface area contributed by atoms with E-state index in [9.17, 15) is 5.11 Å². The Bertz CT molecular complexity index is 568. The van der Waals surface area contributed by atoms with Crippen LogP contribution in [0.1, 0.15) is 36.6 Å². The fourth-order valence-corrected chi connectivity index (χ4v) is 3.32. The molecule has 2 rings (SSSR count). The van der Waals surface area contributed by atoms with Crippen molar-refractivity contribution < 1.29 is 5.11 Å². The number of aliphatic hydroxyl groups is 1. The Kier molecular flexibility index (Phi) is 5.01. The zero-order chi connectivity index (χ0) is 14.5. The summed E-state index contributed by atoms with van der Waals surface area (Å²) in [6.45, 7) is 6.09. The van der Waals surface area contributed by atoms with Crippen molar-refractivity contribution in [2.45, 2.75) is 39.4 Å². The molecular formula is C16H20N2OS. The maximum Gasteiger partial charge on any atom is 0.113 e. The molecule has 106 valence electrons. The van der Waals surface area contributed by atoms with Crippen molar-refractivity contribution in [1.29, 1.82) is 0 Å². The maximum absolute atomic E-state index is 9.55. The lowest BCUT2D eigenvalue weighted by Crippen LogP contribution is -2.00. The molecule has 1 aliphatic heterocycles. The summed E-state index contributed by atoms with van der Waals surface area (Å²) in [7, 11) is 0. The average molecular weight is 288 g/mol. The van der Waals surface area contributed by atoms with Crippen LogP contribution in [0.2, 0.25) is 0 Å². The summed E-state index contributed by atoms with van der Waals surface area (Å²) >= 11 is 1.76. The van der Waals surface area contributed by atoms with Crippen molar-refractivity contribution >= 4 is 16.8 Å². The van der Waals surface area contributed by atoms with Gasteiger partial charge in [0, 0.05) is 29.4 Å². The molecule has 1 aliphatic rings. The number of rotatable bonds is 2. The van der Waals surface area contributed by atoms with Crippen LogP contribution in [0.5, 0.6) is 0 Å². The highest BCUT2D eigenvalue weighted by Crippen LogP contribution is 2.23. The van der Waals surface area contributed by atoms with Gasteiger partial charge in [-0.15, -0.1) is 11.8 Å². The molecule has 0 amide bonds. The van der Waals surface area contributed by atoms with Gasteiger partial charge in [0.05, 0.1) is 5.04 Å². The molecular weight excluding hydrogens is 268 g/mol. The third-order valence-electron chi connectivity index (χ3n) is 3.26. The second-order valence-corrected chi connectivity index (χ2v) is 5.99. The molecule has 0 saturated heterocycles. The maximum atomic E-state index is 9.55. The van der Waals surface area contributed by atoms with Gasteiger partial charge in [0.2, 0.25) is 0 Å². The van der Waals surface area contributed by atoms with E-state index in [1.807, 2.05) is 19.2 Å². The Morgan fingerprint density at radius 3 is 2.85 bits per heavy atom. The second kappa shape index (κ2) is 6.75. The fraction of sp³-hybridized carbons (Fsp3) is 0.375. The number of aliphatic imine (C=N–C) groups is 1. The van der Waals surface area contributed by atoms with Crippen LogP contribution in [-0.2, 0) is 5.75 Å². The van der Waals surface area contributed by atoms with Gasteiger partial charge in [0.15, 0.2) is 0 Å². The molecule has 1 aromatic heterocycles. The van der Waals surface area contributed by atoms with Crippen LogP contribution in [0.4, 0.5) is 0 Å². The van der Waals surface area contributed by atoms with Gasteiger partial charge in [0.25, 0.3) is 0 Å². The molecule has 1 N–H and O–H groups in total. The summed E-state index contributed by atoms with van der Waals surface area (Å²) in [5, 5.41) is 10.7. The molecule has 0 unspecified atom stereocenters. The largest absolute Gasteiger partial charge is 0.508 e. The molecule has 0 spiro atoms. The first-order valence-electron chi connectivity index (χ1n) is 6.75. The van der Waals surface area contributed by atoms with Gasteiger partial charge in [-0.2, -0.15) is 0 Å². The van der Waals surface area contributed by atoms with E-state index in [1.165, 1.54) is 11.1 Å². The Morgan fingerprint density at radius 1 is 1.30 bits per heavy atom. The quantitative estimate of drug-likeness (QED) is 0.873. The van der Waals surface area contributed by atoms with E-state index < -0.39 is 0 Å². The molecule has 1 aromatic rings. The van der Waals surface area contributed by atoms with Crippen LogP contribution >= 0.6 is 11.8 Å². The molecule has 0 fully saturated rings. The average Bonchev–Trinajstić information content (AvgIpc) is 2.35. The van der Waals surface area contributed by atoms with Crippen molar-refractivity contribution in [2.75, 3.05) is 0 Å². The number of aliphatic hydroxyl groups excluding tert-OH is 1. The van der Waals surface area contributed by atoms with Crippen LogP contribution in [-0.4, -0.2) is 15.1 Å². The van der Waals surface area contributed by atoms with Gasteiger partial charge in [0.1, 0.15) is 5.76 Å². The zero-order valence-corrected chi connectivity index (χ0v) is 13.0. The minimum absolute atomic E-state index is 0.314. The lowest BCUT2D eigenvalue weighted by molar-refractivity contribution is 0.428. The first-order valence-corrected chi connectivity index (χ1v) is 7.73. The third kappa shape index (κ3) is 3.97. The monoisotopic (exact) mass is 288 g/mol. The highest BCUT2D eigenvalue weighted by molar-refractivity contribution is 8.13. The molecule has 0 radical (unpaired) electrons. The number of nitrogens with zero attached hydrogens (tertiary/aromatic N) is 2. The highest BCUT2D eigenvalue weighted by Gasteiger charge is 2.08. The number of thioether (sulfide) groups is 1. The number of aryl methyl sites for hydroxylation is 2. The van der Waals surface area contributed by atoms with Crippen molar-refractivity contribution in [3.05, 3.63) is 52.7 Å². The SMILES string of the molecule is CC1=C/C(O)=C\CCC(SCc2c(C)ccnc2C)=N1. The number of allylic oxidation sites excluding steroid dienone is 3. The number of hydrogen-bond donors (Lipinski definition) is 1. The summed E-state index contributed by atoms with van der Waals surface area (Å²) in [5.74, 6) is 1.21. The number of hydrogen-bond acceptors (Lipinski definition) is 4. The van der Waals surface area contributed by atoms with E-state index in [2.05, 4.69) is 29.9 Å². The van der Waals surface area contributed by atoms with Crippen molar-refractivity contribution in [1.82, 2.24) is 4.98 Å². The van der Waals surface area contributed by atoms with Crippen LogP contribution in [0.3, 0.4) is 0 Å². The van der Waals surface area contributed by atoms with Crippen LogP contribution in [0.15, 0.2) is 40.9 Å². The summed E-state index contributed by atoms with van der Waals surface area (Å²) in [6, 6.07) is 2.05. The van der Waals surface area contributed by atoms with Crippen LogP contribution in [0, 0.1) is 13.8 Å². The first kappa shape index (κ1) is 14.9. The fourth-order valence-electron chi connectivity index (χ4n) is 2.10. The molecule has 0 aliphatic carbocycles. The summed E-state index contributed by atoms with van der Waals surface area (Å²) in [5.41, 5.74) is 4.51. The highest BCUT2D eigenvalue weighted by atomic mass is 32.2. The van der Waals surface area contributed by atoms with Crippen molar-refractivity contribution in [2.24, 2.45) is 4.99 Å². The van der Waals surface area contributed by atoms with Gasteiger partial charge in [-0.05, 0) is 56.9 Å². The van der Waals surface area contributed by atoms with Gasteiger partial charge in [-0.3, -0.25) is 9.98 Å². The predicted octanol–water partition coefficient (Wildman–Crippen LogP) is 4.47. The van der Waals surface area contributed by atoms with Crippen molar-refractivity contribution in [3.8, 4) is 0 Å². The van der Waals surface area contributed by atoms with E-state index in [1.54, 1.807) is 17.8 Å². The van der Waals surface area contributed by atoms with Gasteiger partial charge >= 0.3 is 0 Å². The molecule has 0 saturated carbocycles. The van der Waals surface area contributed by atoms with Crippen molar-refractivity contribution in [3.63, 3.8) is 0 Å². The Balaban J connectivity index is 2.09. The molecule has 20 heavy (non-hydrogen) atoms. The molecule has 3 nitrogen and oxygen atoms in total. The number of pyridine rings is 1. The second-order valence-electron chi connectivity index (χ2n) is 4.94. The zero-order valence-electron chi connectivity index (χ0n) is 12.2. The van der Waals surface area contributed by atoms with E-state index in [0.29, 0.717) is 5.76 Å². The Hall–Kier alpha value is -1.55.